The monoisotopic (exact) mass is 354 g/mol. The highest BCUT2D eigenvalue weighted by molar-refractivity contribution is 5.82. The lowest BCUT2D eigenvalue weighted by Crippen LogP contribution is -2.44. The van der Waals surface area contributed by atoms with Crippen LogP contribution >= 0.6 is 0 Å². The molecule has 4 atom stereocenters. The van der Waals surface area contributed by atoms with Gasteiger partial charge in [-0.3, -0.25) is 0 Å². The Balaban J connectivity index is 1.69. The highest BCUT2D eigenvalue weighted by Crippen LogP contribution is 2.34. The molecule has 4 rings (SSSR count). The summed E-state index contributed by atoms with van der Waals surface area (Å²) in [6.45, 7) is -0.184. The molecule has 0 unspecified atom stereocenters. The zero-order valence-electron chi connectivity index (χ0n) is 14.5. The number of hydrogen-bond donors (Lipinski definition) is 3. The molecule has 26 heavy (non-hydrogen) atoms. The third kappa shape index (κ3) is 3.01. The minimum absolute atomic E-state index is 0.184. The van der Waals surface area contributed by atoms with E-state index in [1.54, 1.807) is 6.33 Å². The Labute approximate surface area is 151 Å². The predicted octanol–water partition coefficient (Wildman–Crippen LogP) is 1.78. The first-order chi connectivity index (χ1) is 12.6. The quantitative estimate of drug-likeness (QED) is 0.667. The number of nitrogens with zero attached hydrogens (tertiary/aromatic N) is 2. The number of benzene rings is 2. The fourth-order valence-electron chi connectivity index (χ4n) is 3.56. The lowest BCUT2D eigenvalue weighted by Gasteiger charge is -2.37. The van der Waals surface area contributed by atoms with Crippen LogP contribution in [0, 0.1) is 0 Å². The van der Waals surface area contributed by atoms with Crippen molar-refractivity contribution in [2.75, 3.05) is 6.61 Å². The van der Waals surface area contributed by atoms with Gasteiger partial charge in [-0.1, -0.05) is 24.3 Å². The Morgan fingerprint density at radius 2 is 1.96 bits per heavy atom. The maximum atomic E-state index is 10.3. The van der Waals surface area contributed by atoms with Gasteiger partial charge in [-0.25, -0.2) is 4.98 Å². The van der Waals surface area contributed by atoms with E-state index in [0.717, 1.165) is 27.7 Å². The zero-order chi connectivity index (χ0) is 18.3. The molecule has 1 saturated heterocycles. The second-order valence-electron chi connectivity index (χ2n) is 6.84. The van der Waals surface area contributed by atoms with Gasteiger partial charge >= 0.3 is 0 Å². The Bertz CT molecular complexity index is 923. The number of hydrogen-bond acceptors (Lipinski definition) is 5. The van der Waals surface area contributed by atoms with Crippen LogP contribution in [0.5, 0.6) is 0 Å². The maximum absolute atomic E-state index is 10.3. The van der Waals surface area contributed by atoms with E-state index >= 15 is 0 Å². The number of aromatic nitrogens is 2. The fourth-order valence-corrected chi connectivity index (χ4v) is 3.56. The molecule has 0 saturated carbocycles. The molecule has 0 bridgehead atoms. The summed E-state index contributed by atoms with van der Waals surface area (Å²) in [5.41, 5.74) is 4.74. The van der Waals surface area contributed by atoms with E-state index in [9.17, 15) is 15.3 Å². The van der Waals surface area contributed by atoms with Crippen molar-refractivity contribution in [2.45, 2.75) is 30.8 Å². The smallest absolute Gasteiger partial charge is 0.111 e. The lowest BCUT2D eigenvalue weighted by molar-refractivity contribution is -0.179. The first-order valence-electron chi connectivity index (χ1n) is 8.70. The van der Waals surface area contributed by atoms with E-state index in [1.807, 2.05) is 54.1 Å². The van der Waals surface area contributed by atoms with Gasteiger partial charge in [0.15, 0.2) is 0 Å². The molecule has 6 nitrogen and oxygen atoms in total. The molecule has 0 radical (unpaired) electrons. The van der Waals surface area contributed by atoms with E-state index in [-0.39, 0.29) is 13.0 Å². The molecule has 6 heteroatoms. The second kappa shape index (κ2) is 6.81. The lowest BCUT2D eigenvalue weighted by atomic mass is 9.91. The van der Waals surface area contributed by atoms with E-state index in [1.165, 1.54) is 0 Å². The molecule has 1 aromatic heterocycles. The summed E-state index contributed by atoms with van der Waals surface area (Å²) in [5.74, 6) is 0. The van der Waals surface area contributed by atoms with Gasteiger partial charge in [0.2, 0.25) is 0 Å². The van der Waals surface area contributed by atoms with E-state index < -0.39 is 24.4 Å². The van der Waals surface area contributed by atoms with Crippen molar-refractivity contribution in [2.24, 2.45) is 7.05 Å². The number of fused-ring (bicyclic) bond motifs is 1. The molecule has 1 fully saturated rings. The zero-order valence-corrected chi connectivity index (χ0v) is 14.5. The molecule has 2 aromatic carbocycles. The average molecular weight is 354 g/mol. The summed E-state index contributed by atoms with van der Waals surface area (Å²) in [6.07, 6.45) is -1.08. The normalized spacial score (nSPS) is 26.3. The molecule has 0 aliphatic carbocycles. The van der Waals surface area contributed by atoms with Gasteiger partial charge in [0.1, 0.15) is 12.2 Å². The number of imidazole rings is 1. The van der Waals surface area contributed by atoms with Gasteiger partial charge < -0.3 is 24.6 Å². The van der Waals surface area contributed by atoms with Crippen LogP contribution in [-0.2, 0) is 11.8 Å². The van der Waals surface area contributed by atoms with E-state index in [0.29, 0.717) is 0 Å². The van der Waals surface area contributed by atoms with Crippen LogP contribution in [0.15, 0.2) is 48.8 Å². The SMILES string of the molecule is Cn1cnc2cc(-c3cccc([C@H]4O[C@H](CO)C[C@H](O)[C@@H]4O)c3)ccc21. The van der Waals surface area contributed by atoms with Crippen molar-refractivity contribution in [1.29, 1.82) is 0 Å². The number of aliphatic hydroxyl groups excluding tert-OH is 3. The molecule has 136 valence electrons. The maximum Gasteiger partial charge on any atom is 0.111 e. The summed E-state index contributed by atoms with van der Waals surface area (Å²) >= 11 is 0. The fraction of sp³-hybridized carbons (Fsp3) is 0.350. The molecule has 3 N–H and O–H groups in total. The minimum atomic E-state index is -1.02. The Kier molecular flexibility index (Phi) is 4.50. The second-order valence-corrected chi connectivity index (χ2v) is 6.84. The third-order valence-electron chi connectivity index (χ3n) is 5.03. The van der Waals surface area contributed by atoms with Crippen LogP contribution in [0.3, 0.4) is 0 Å². The Morgan fingerprint density at radius 3 is 2.77 bits per heavy atom. The number of rotatable bonds is 3. The number of ether oxygens (including phenoxy) is 1. The van der Waals surface area contributed by atoms with Gasteiger partial charge in [0, 0.05) is 13.5 Å². The first kappa shape index (κ1) is 17.2. The minimum Gasteiger partial charge on any atom is -0.394 e. The predicted molar refractivity (Wildman–Crippen MR) is 97.5 cm³/mol. The van der Waals surface area contributed by atoms with Crippen LogP contribution in [0.1, 0.15) is 18.1 Å². The summed E-state index contributed by atoms with van der Waals surface area (Å²) < 4.78 is 7.76. The Morgan fingerprint density at radius 1 is 1.15 bits per heavy atom. The largest absolute Gasteiger partial charge is 0.394 e. The topological polar surface area (TPSA) is 87.7 Å². The molecular formula is C20H22N2O4. The van der Waals surface area contributed by atoms with Crippen molar-refractivity contribution in [3.8, 4) is 11.1 Å². The van der Waals surface area contributed by atoms with Crippen molar-refractivity contribution in [3.05, 3.63) is 54.4 Å². The number of aryl methyl sites for hydroxylation is 1. The van der Waals surface area contributed by atoms with Gasteiger partial charge in [-0.05, 0) is 34.9 Å². The van der Waals surface area contributed by atoms with Crippen LogP contribution in [0.4, 0.5) is 0 Å². The van der Waals surface area contributed by atoms with Gasteiger partial charge in [0.05, 0.1) is 36.2 Å². The molecule has 2 heterocycles. The molecule has 0 amide bonds. The summed E-state index contributed by atoms with van der Waals surface area (Å²) in [5, 5.41) is 29.8. The molecule has 3 aromatic rings. The van der Waals surface area contributed by atoms with Gasteiger partial charge in [-0.2, -0.15) is 0 Å². The molecule has 1 aliphatic rings. The molecular weight excluding hydrogens is 332 g/mol. The number of aliphatic hydroxyl groups is 3. The van der Waals surface area contributed by atoms with Crippen molar-refractivity contribution < 1.29 is 20.1 Å². The van der Waals surface area contributed by atoms with Crippen LogP contribution in [-0.4, -0.2) is 49.8 Å². The summed E-state index contributed by atoms with van der Waals surface area (Å²) in [4.78, 5) is 4.40. The van der Waals surface area contributed by atoms with E-state index in [2.05, 4.69) is 4.98 Å². The average Bonchev–Trinajstić information content (AvgIpc) is 3.04. The molecule has 0 spiro atoms. The van der Waals surface area contributed by atoms with Crippen molar-refractivity contribution >= 4 is 11.0 Å². The van der Waals surface area contributed by atoms with Gasteiger partial charge in [0.25, 0.3) is 0 Å². The van der Waals surface area contributed by atoms with Crippen LogP contribution in [0.25, 0.3) is 22.2 Å². The summed E-state index contributed by atoms with van der Waals surface area (Å²) in [6, 6.07) is 13.8. The van der Waals surface area contributed by atoms with Crippen LogP contribution < -0.4 is 0 Å². The molecule has 1 aliphatic heterocycles. The highest BCUT2D eigenvalue weighted by Gasteiger charge is 2.37. The van der Waals surface area contributed by atoms with Crippen LogP contribution in [0.2, 0.25) is 0 Å². The Hall–Kier alpha value is -2.25. The third-order valence-corrected chi connectivity index (χ3v) is 5.03. The van der Waals surface area contributed by atoms with Gasteiger partial charge in [-0.15, -0.1) is 0 Å². The standard InChI is InChI=1S/C20H22N2O4/c1-22-11-21-16-8-13(5-6-17(16)22)12-3-2-4-14(7-12)20-19(25)18(24)9-15(10-23)26-20/h2-8,11,15,18-20,23-25H,9-10H2,1H3/t15-,18-,19-,20+/m0/s1. The first-order valence-corrected chi connectivity index (χ1v) is 8.70. The highest BCUT2D eigenvalue weighted by atomic mass is 16.5. The van der Waals surface area contributed by atoms with Crippen molar-refractivity contribution in [3.63, 3.8) is 0 Å². The van der Waals surface area contributed by atoms with E-state index in [4.69, 9.17) is 4.74 Å². The van der Waals surface area contributed by atoms with Crippen molar-refractivity contribution in [1.82, 2.24) is 9.55 Å². The summed E-state index contributed by atoms with van der Waals surface area (Å²) in [7, 11) is 1.96.